The summed E-state index contributed by atoms with van der Waals surface area (Å²) in [6, 6.07) is 23.9. The molecule has 0 aliphatic heterocycles. The summed E-state index contributed by atoms with van der Waals surface area (Å²) in [6.07, 6.45) is 1.69. The van der Waals surface area contributed by atoms with E-state index in [0.29, 0.717) is 12.3 Å². The molecule has 26 heavy (non-hydrogen) atoms. The zero-order valence-electron chi connectivity index (χ0n) is 14.0. The molecule has 3 rings (SSSR count). The molecule has 0 saturated carbocycles. The predicted molar refractivity (Wildman–Crippen MR) is 102 cm³/mol. The van der Waals surface area contributed by atoms with Crippen LogP contribution in [0.5, 0.6) is 5.75 Å². The van der Waals surface area contributed by atoms with E-state index < -0.39 is 5.97 Å². The molecule has 0 amide bonds. The largest absolute Gasteiger partial charge is 0.489 e. The summed E-state index contributed by atoms with van der Waals surface area (Å²) in [7, 11) is 0. The van der Waals surface area contributed by atoms with Gasteiger partial charge in [0.25, 0.3) is 0 Å². The van der Waals surface area contributed by atoms with E-state index in [2.05, 4.69) is 10.5 Å². The molecule has 0 aliphatic rings. The number of hydrogen-bond acceptors (Lipinski definition) is 4. The second kappa shape index (κ2) is 8.48. The average molecular weight is 346 g/mol. The van der Waals surface area contributed by atoms with Gasteiger partial charge in [-0.05, 0) is 35.9 Å². The van der Waals surface area contributed by atoms with Gasteiger partial charge in [-0.3, -0.25) is 5.43 Å². The summed E-state index contributed by atoms with van der Waals surface area (Å²) in [5.74, 6) is -0.163. The van der Waals surface area contributed by atoms with Gasteiger partial charge in [-0.1, -0.05) is 48.5 Å². The maximum atomic E-state index is 11.0. The third kappa shape index (κ3) is 4.70. The van der Waals surface area contributed by atoms with Crippen LogP contribution < -0.4 is 10.2 Å². The minimum atomic E-state index is -0.971. The topological polar surface area (TPSA) is 70.9 Å². The highest BCUT2D eigenvalue weighted by atomic mass is 16.5. The van der Waals surface area contributed by atoms with E-state index >= 15 is 0 Å². The lowest BCUT2D eigenvalue weighted by atomic mass is 10.1. The predicted octanol–water partition coefficient (Wildman–Crippen LogP) is 4.41. The van der Waals surface area contributed by atoms with E-state index in [-0.39, 0.29) is 5.56 Å². The summed E-state index contributed by atoms with van der Waals surface area (Å²) >= 11 is 0. The van der Waals surface area contributed by atoms with Crippen molar-refractivity contribution in [2.75, 3.05) is 5.43 Å². The van der Waals surface area contributed by atoms with E-state index in [0.717, 1.165) is 16.9 Å². The van der Waals surface area contributed by atoms with Crippen LogP contribution in [0.2, 0.25) is 0 Å². The second-order valence-corrected chi connectivity index (χ2v) is 5.56. The Bertz CT molecular complexity index is 908. The smallest absolute Gasteiger partial charge is 0.335 e. The molecule has 5 nitrogen and oxygen atoms in total. The fourth-order valence-corrected chi connectivity index (χ4v) is 2.37. The first kappa shape index (κ1) is 17.2. The number of nitrogens with zero attached hydrogens (tertiary/aromatic N) is 1. The van der Waals surface area contributed by atoms with Crippen LogP contribution in [0.1, 0.15) is 21.5 Å². The van der Waals surface area contributed by atoms with Crippen molar-refractivity contribution in [1.82, 2.24) is 0 Å². The Morgan fingerprint density at radius 1 is 1.00 bits per heavy atom. The lowest BCUT2D eigenvalue weighted by Gasteiger charge is -2.08. The molecule has 5 heteroatoms. The van der Waals surface area contributed by atoms with Gasteiger partial charge in [-0.15, -0.1) is 0 Å². The number of rotatable bonds is 7. The monoisotopic (exact) mass is 346 g/mol. The van der Waals surface area contributed by atoms with Gasteiger partial charge in [-0.25, -0.2) is 4.79 Å². The summed E-state index contributed by atoms with van der Waals surface area (Å²) in [5.41, 5.74) is 5.60. The van der Waals surface area contributed by atoms with Gasteiger partial charge in [0.1, 0.15) is 12.4 Å². The molecule has 0 atom stereocenters. The lowest BCUT2D eigenvalue weighted by molar-refractivity contribution is 0.0697. The van der Waals surface area contributed by atoms with Crippen LogP contribution in [0.3, 0.4) is 0 Å². The molecular weight excluding hydrogens is 328 g/mol. The molecule has 0 radical (unpaired) electrons. The van der Waals surface area contributed by atoms with E-state index in [1.807, 2.05) is 54.6 Å². The first-order valence-corrected chi connectivity index (χ1v) is 8.10. The van der Waals surface area contributed by atoms with E-state index in [4.69, 9.17) is 9.84 Å². The standard InChI is InChI=1S/C21H18N2O3/c24-21(25)16-9-6-10-19(13-16)23-22-14-17-7-4-5-8-18(17)15-26-20-11-2-1-3-12-20/h1-14,23H,15H2,(H,24,25)/b22-14+. The number of benzene rings is 3. The molecule has 0 unspecified atom stereocenters. The minimum Gasteiger partial charge on any atom is -0.489 e. The van der Waals surface area contributed by atoms with Gasteiger partial charge in [-0.2, -0.15) is 5.10 Å². The fraction of sp³-hybridized carbons (Fsp3) is 0.0476. The number of ether oxygens (including phenoxy) is 1. The zero-order chi connectivity index (χ0) is 18.2. The van der Waals surface area contributed by atoms with Crippen LogP contribution >= 0.6 is 0 Å². The molecule has 0 heterocycles. The number of nitrogens with one attached hydrogen (secondary N) is 1. The number of hydrazone groups is 1. The Kier molecular flexibility index (Phi) is 5.62. The molecule has 0 saturated heterocycles. The highest BCUT2D eigenvalue weighted by Crippen LogP contribution is 2.14. The van der Waals surface area contributed by atoms with E-state index in [1.54, 1.807) is 18.3 Å². The molecule has 2 N–H and O–H groups in total. The molecule has 0 bridgehead atoms. The molecular formula is C21H18N2O3. The Balaban J connectivity index is 1.67. The van der Waals surface area contributed by atoms with Gasteiger partial charge in [0, 0.05) is 5.56 Å². The normalized spacial score (nSPS) is 10.6. The van der Waals surface area contributed by atoms with Crippen LogP contribution in [-0.2, 0) is 6.61 Å². The Morgan fingerprint density at radius 3 is 2.58 bits per heavy atom. The van der Waals surface area contributed by atoms with Crippen LogP contribution in [0.15, 0.2) is 84.0 Å². The minimum absolute atomic E-state index is 0.210. The molecule has 3 aromatic rings. The molecule has 0 fully saturated rings. The molecule has 130 valence electrons. The number of carboxylic acid groups (broad SMARTS) is 1. The number of para-hydroxylation sites is 1. The van der Waals surface area contributed by atoms with Gasteiger partial charge in [0.05, 0.1) is 17.5 Å². The van der Waals surface area contributed by atoms with Crippen molar-refractivity contribution in [3.05, 3.63) is 95.6 Å². The Labute approximate surface area is 151 Å². The quantitative estimate of drug-likeness (QED) is 0.491. The van der Waals surface area contributed by atoms with Gasteiger partial charge < -0.3 is 9.84 Å². The van der Waals surface area contributed by atoms with E-state index in [1.165, 1.54) is 12.1 Å². The highest BCUT2D eigenvalue weighted by Gasteiger charge is 2.03. The Hall–Kier alpha value is -3.60. The maximum Gasteiger partial charge on any atom is 0.335 e. The molecule has 0 aliphatic carbocycles. The SMILES string of the molecule is O=C(O)c1cccc(N/N=C/c2ccccc2COc2ccccc2)c1. The van der Waals surface area contributed by atoms with Crippen LogP contribution in [-0.4, -0.2) is 17.3 Å². The maximum absolute atomic E-state index is 11.0. The molecule has 0 aromatic heterocycles. The summed E-state index contributed by atoms with van der Waals surface area (Å²) < 4.78 is 5.79. The molecule has 0 spiro atoms. The third-order valence-corrected chi connectivity index (χ3v) is 3.70. The van der Waals surface area contributed by atoms with E-state index in [9.17, 15) is 4.79 Å². The van der Waals surface area contributed by atoms with Crippen molar-refractivity contribution < 1.29 is 14.6 Å². The summed E-state index contributed by atoms with van der Waals surface area (Å²) in [5, 5.41) is 13.2. The second-order valence-electron chi connectivity index (χ2n) is 5.56. The van der Waals surface area contributed by atoms with Crippen LogP contribution in [0, 0.1) is 0 Å². The van der Waals surface area contributed by atoms with Crippen LogP contribution in [0.4, 0.5) is 5.69 Å². The van der Waals surface area contributed by atoms with Gasteiger partial charge in [0.15, 0.2) is 0 Å². The lowest BCUT2D eigenvalue weighted by Crippen LogP contribution is -2.01. The van der Waals surface area contributed by atoms with Crippen molar-refractivity contribution in [2.45, 2.75) is 6.61 Å². The molecule has 3 aromatic carbocycles. The van der Waals surface area contributed by atoms with Crippen molar-refractivity contribution in [2.24, 2.45) is 5.10 Å². The first-order valence-electron chi connectivity index (χ1n) is 8.10. The number of anilines is 1. The fourth-order valence-electron chi connectivity index (χ4n) is 2.37. The van der Waals surface area contributed by atoms with Gasteiger partial charge >= 0.3 is 5.97 Å². The Morgan fingerprint density at radius 2 is 1.77 bits per heavy atom. The highest BCUT2D eigenvalue weighted by molar-refractivity contribution is 5.89. The third-order valence-electron chi connectivity index (χ3n) is 3.70. The van der Waals surface area contributed by atoms with Crippen molar-refractivity contribution in [1.29, 1.82) is 0 Å². The first-order chi connectivity index (χ1) is 12.7. The van der Waals surface area contributed by atoms with Crippen LogP contribution in [0.25, 0.3) is 0 Å². The van der Waals surface area contributed by atoms with Crippen molar-refractivity contribution >= 4 is 17.9 Å². The number of carbonyl (C=O) groups is 1. The summed E-state index contributed by atoms with van der Waals surface area (Å²) in [4.78, 5) is 11.0. The van der Waals surface area contributed by atoms with Crippen molar-refractivity contribution in [3.63, 3.8) is 0 Å². The zero-order valence-corrected chi connectivity index (χ0v) is 14.0. The number of aromatic carboxylic acids is 1. The van der Waals surface area contributed by atoms with Crippen molar-refractivity contribution in [3.8, 4) is 5.75 Å². The van der Waals surface area contributed by atoms with Gasteiger partial charge in [0.2, 0.25) is 0 Å². The summed E-state index contributed by atoms with van der Waals surface area (Å²) in [6.45, 7) is 0.431. The average Bonchev–Trinajstić information content (AvgIpc) is 2.68. The number of hydrogen-bond donors (Lipinski definition) is 2. The number of carboxylic acids is 1.